The number of aryl methyl sites for hydroxylation is 1. The molecule has 1 aliphatic heterocycles. The highest BCUT2D eigenvalue weighted by molar-refractivity contribution is 5.69. The molecule has 0 unspecified atom stereocenters. The van der Waals surface area contributed by atoms with Crippen LogP contribution in [0.25, 0.3) is 11.4 Å². The number of hydrogen-bond acceptors (Lipinski definition) is 6. The Morgan fingerprint density at radius 3 is 2.83 bits per heavy atom. The maximum absolute atomic E-state index is 11.9. The van der Waals surface area contributed by atoms with Crippen molar-refractivity contribution >= 4 is 6.09 Å². The Hall–Kier alpha value is -2.57. The summed E-state index contributed by atoms with van der Waals surface area (Å²) in [4.78, 5) is 16.1. The van der Waals surface area contributed by atoms with E-state index in [1.807, 2.05) is 39.0 Å². The number of carbonyl (C=O) groups is 1. The number of amides is 1. The molecule has 0 spiro atoms. The van der Waals surface area contributed by atoms with Crippen LogP contribution in [0, 0.1) is 6.92 Å². The number of alkyl carbamates (subject to hydrolysis) is 1. The van der Waals surface area contributed by atoms with Gasteiger partial charge in [0.15, 0.2) is 0 Å². The van der Waals surface area contributed by atoms with Crippen molar-refractivity contribution in [2.24, 2.45) is 0 Å². The molecule has 1 amide bonds. The van der Waals surface area contributed by atoms with Gasteiger partial charge in [-0.1, -0.05) is 17.3 Å². The second kappa shape index (κ2) is 5.57. The number of nitrogens with one attached hydrogen (secondary N) is 1. The summed E-state index contributed by atoms with van der Waals surface area (Å²) in [6.45, 7) is 7.57. The fourth-order valence-corrected chi connectivity index (χ4v) is 2.33. The molecule has 3 rings (SSSR count). The smallest absolute Gasteiger partial charge is 0.408 e. The number of aromatic nitrogens is 2. The number of hydrogen-bond donors (Lipinski definition) is 1. The van der Waals surface area contributed by atoms with Gasteiger partial charge in [0.2, 0.25) is 11.7 Å². The minimum atomic E-state index is -0.535. The van der Waals surface area contributed by atoms with Gasteiger partial charge in [-0.15, -0.1) is 0 Å². The molecule has 0 fully saturated rings. The van der Waals surface area contributed by atoms with E-state index in [4.69, 9.17) is 14.0 Å². The molecular weight excluding hydrogens is 298 g/mol. The summed E-state index contributed by atoms with van der Waals surface area (Å²) < 4.78 is 15.9. The first-order valence-electron chi connectivity index (χ1n) is 7.39. The van der Waals surface area contributed by atoms with Gasteiger partial charge < -0.3 is 19.3 Å². The third-order valence-electron chi connectivity index (χ3n) is 3.27. The van der Waals surface area contributed by atoms with Crippen molar-refractivity contribution in [1.82, 2.24) is 15.5 Å². The predicted octanol–water partition coefficient (Wildman–Crippen LogP) is 3.00. The van der Waals surface area contributed by atoms with Crippen molar-refractivity contribution in [3.05, 3.63) is 29.7 Å². The number of carbonyl (C=O) groups excluding carboxylic acids is 1. The largest absolute Gasteiger partial charge is 0.491 e. The highest BCUT2D eigenvalue weighted by atomic mass is 16.6. The highest BCUT2D eigenvalue weighted by Gasteiger charge is 2.28. The summed E-state index contributed by atoms with van der Waals surface area (Å²) in [7, 11) is 0. The van der Waals surface area contributed by atoms with Gasteiger partial charge in [0.05, 0.1) is 6.04 Å². The zero-order valence-corrected chi connectivity index (χ0v) is 13.5. The topological polar surface area (TPSA) is 86.5 Å². The molecular formula is C16H19N3O4. The molecule has 0 bridgehead atoms. The molecule has 7 nitrogen and oxygen atoms in total. The predicted molar refractivity (Wildman–Crippen MR) is 82.1 cm³/mol. The van der Waals surface area contributed by atoms with Gasteiger partial charge in [-0.3, -0.25) is 0 Å². The fraction of sp³-hybridized carbons (Fsp3) is 0.438. The zero-order valence-electron chi connectivity index (χ0n) is 13.5. The average molecular weight is 317 g/mol. The van der Waals surface area contributed by atoms with Crippen LogP contribution in [0.5, 0.6) is 5.75 Å². The summed E-state index contributed by atoms with van der Waals surface area (Å²) in [5.74, 6) is 1.72. The van der Waals surface area contributed by atoms with Gasteiger partial charge in [0.25, 0.3) is 0 Å². The molecule has 1 N–H and O–H groups in total. The second-order valence-corrected chi connectivity index (χ2v) is 6.40. The van der Waals surface area contributed by atoms with E-state index < -0.39 is 11.7 Å². The van der Waals surface area contributed by atoms with Crippen LogP contribution in [0.1, 0.15) is 38.3 Å². The first kappa shape index (κ1) is 15.3. The molecule has 0 aliphatic carbocycles. The van der Waals surface area contributed by atoms with Gasteiger partial charge in [-0.05, 0) is 26.8 Å². The number of benzene rings is 1. The van der Waals surface area contributed by atoms with Crippen LogP contribution in [-0.2, 0) is 4.74 Å². The van der Waals surface area contributed by atoms with Gasteiger partial charge in [0, 0.05) is 18.1 Å². The Kier molecular flexibility index (Phi) is 3.71. The Morgan fingerprint density at radius 2 is 2.17 bits per heavy atom. The monoisotopic (exact) mass is 317 g/mol. The number of fused-ring (bicyclic) bond motifs is 1. The Balaban J connectivity index is 1.75. The maximum atomic E-state index is 11.9. The minimum Gasteiger partial charge on any atom is -0.491 e. The lowest BCUT2D eigenvalue weighted by Crippen LogP contribution is -2.35. The Labute approximate surface area is 134 Å². The fourth-order valence-electron chi connectivity index (χ4n) is 2.33. The summed E-state index contributed by atoms with van der Waals surface area (Å²) in [5, 5.41) is 6.71. The summed E-state index contributed by atoms with van der Waals surface area (Å²) >= 11 is 0. The molecule has 1 atom stereocenters. The van der Waals surface area contributed by atoms with Crippen molar-refractivity contribution in [3.63, 3.8) is 0 Å². The molecule has 0 radical (unpaired) electrons. The van der Waals surface area contributed by atoms with E-state index in [0.29, 0.717) is 24.1 Å². The van der Waals surface area contributed by atoms with Gasteiger partial charge in [-0.2, -0.15) is 4.98 Å². The van der Waals surface area contributed by atoms with E-state index in [-0.39, 0.29) is 6.04 Å². The van der Waals surface area contributed by atoms with Crippen LogP contribution in [0.3, 0.4) is 0 Å². The number of nitrogens with zero attached hydrogens (tertiary/aromatic N) is 2. The highest BCUT2D eigenvalue weighted by Crippen LogP contribution is 2.35. The molecule has 7 heteroatoms. The zero-order chi connectivity index (χ0) is 16.6. The number of ether oxygens (including phenoxy) is 2. The summed E-state index contributed by atoms with van der Waals surface area (Å²) in [6, 6.07) is 5.38. The standard InChI is InChI=1S/C16H19N3O4/c1-9-17-14(19-23-9)10-5-6-11-12(8-21-13(11)7-10)18-15(20)22-16(2,3)4/h5-7,12H,8H2,1-4H3,(H,18,20)/t12-/m1/s1. The van der Waals surface area contributed by atoms with Crippen LogP contribution in [0.4, 0.5) is 4.79 Å². The molecule has 2 heterocycles. The molecule has 0 saturated heterocycles. The van der Waals surface area contributed by atoms with Crippen LogP contribution < -0.4 is 10.1 Å². The first-order chi connectivity index (χ1) is 10.8. The van der Waals surface area contributed by atoms with Crippen LogP contribution >= 0.6 is 0 Å². The quantitative estimate of drug-likeness (QED) is 0.916. The van der Waals surface area contributed by atoms with E-state index >= 15 is 0 Å². The van der Waals surface area contributed by atoms with Crippen molar-refractivity contribution < 1.29 is 18.8 Å². The van der Waals surface area contributed by atoms with Crippen LogP contribution in [0.2, 0.25) is 0 Å². The van der Waals surface area contributed by atoms with Crippen molar-refractivity contribution in [3.8, 4) is 17.1 Å². The third-order valence-corrected chi connectivity index (χ3v) is 3.27. The molecule has 1 aromatic carbocycles. The lowest BCUT2D eigenvalue weighted by molar-refractivity contribution is 0.0497. The summed E-state index contributed by atoms with van der Waals surface area (Å²) in [6.07, 6.45) is -0.461. The normalized spacial score (nSPS) is 16.6. The third kappa shape index (κ3) is 3.44. The lowest BCUT2D eigenvalue weighted by atomic mass is 10.1. The molecule has 2 aromatic rings. The summed E-state index contributed by atoms with van der Waals surface area (Å²) in [5.41, 5.74) is 1.17. The van der Waals surface area contributed by atoms with E-state index in [0.717, 1.165) is 11.1 Å². The van der Waals surface area contributed by atoms with Crippen LogP contribution in [-0.4, -0.2) is 28.4 Å². The first-order valence-corrected chi connectivity index (χ1v) is 7.39. The Morgan fingerprint density at radius 1 is 1.39 bits per heavy atom. The van der Waals surface area contributed by atoms with Gasteiger partial charge in [-0.25, -0.2) is 4.79 Å². The molecule has 0 saturated carbocycles. The Bertz CT molecular complexity index is 733. The van der Waals surface area contributed by atoms with Gasteiger partial charge in [0.1, 0.15) is 18.0 Å². The number of rotatable bonds is 2. The van der Waals surface area contributed by atoms with E-state index in [1.54, 1.807) is 6.92 Å². The average Bonchev–Trinajstić information content (AvgIpc) is 3.03. The molecule has 1 aromatic heterocycles. The van der Waals surface area contributed by atoms with Crippen molar-refractivity contribution in [2.45, 2.75) is 39.3 Å². The SMILES string of the molecule is Cc1nc(-c2ccc3c(c2)OC[C@H]3NC(=O)OC(C)(C)C)no1. The minimum absolute atomic E-state index is 0.235. The maximum Gasteiger partial charge on any atom is 0.408 e. The molecule has 1 aliphatic rings. The lowest BCUT2D eigenvalue weighted by Gasteiger charge is -2.21. The van der Waals surface area contributed by atoms with E-state index in [1.165, 1.54) is 0 Å². The molecule has 122 valence electrons. The van der Waals surface area contributed by atoms with E-state index in [9.17, 15) is 4.79 Å². The van der Waals surface area contributed by atoms with E-state index in [2.05, 4.69) is 15.5 Å². The van der Waals surface area contributed by atoms with Crippen LogP contribution in [0.15, 0.2) is 22.7 Å². The second-order valence-electron chi connectivity index (χ2n) is 6.40. The van der Waals surface area contributed by atoms with Crippen molar-refractivity contribution in [2.75, 3.05) is 6.61 Å². The molecule has 23 heavy (non-hydrogen) atoms. The van der Waals surface area contributed by atoms with Gasteiger partial charge >= 0.3 is 6.09 Å². The van der Waals surface area contributed by atoms with Crippen molar-refractivity contribution in [1.29, 1.82) is 0 Å².